The van der Waals surface area contributed by atoms with E-state index < -0.39 is 5.97 Å². The van der Waals surface area contributed by atoms with E-state index in [-0.39, 0.29) is 5.54 Å². The molecule has 19 heavy (non-hydrogen) atoms. The highest BCUT2D eigenvalue weighted by molar-refractivity contribution is 5.68. The molecule has 0 aromatic heterocycles. The predicted octanol–water partition coefficient (Wildman–Crippen LogP) is 3.68. The average molecular weight is 267 g/mol. The van der Waals surface area contributed by atoms with Crippen LogP contribution in [0.25, 0.3) is 0 Å². The van der Waals surface area contributed by atoms with Crippen molar-refractivity contribution in [2.45, 2.75) is 77.2 Å². The van der Waals surface area contributed by atoms with Crippen molar-refractivity contribution >= 4 is 5.97 Å². The first kappa shape index (κ1) is 14.8. The van der Waals surface area contributed by atoms with Gasteiger partial charge in [0, 0.05) is 5.54 Å². The summed E-state index contributed by atoms with van der Waals surface area (Å²) >= 11 is 0. The Labute approximate surface area is 117 Å². The summed E-state index contributed by atoms with van der Waals surface area (Å²) in [6.07, 6.45) is 10.5. The molecule has 1 N–H and O–H groups in total. The van der Waals surface area contributed by atoms with Gasteiger partial charge in [0.25, 0.3) is 0 Å². The van der Waals surface area contributed by atoms with Gasteiger partial charge in [-0.15, -0.1) is 0 Å². The van der Waals surface area contributed by atoms with Crippen LogP contribution in [0.4, 0.5) is 0 Å². The Bertz CT molecular complexity index is 307. The zero-order valence-corrected chi connectivity index (χ0v) is 12.6. The first-order valence-electron chi connectivity index (χ1n) is 8.03. The van der Waals surface area contributed by atoms with Crippen molar-refractivity contribution in [2.75, 3.05) is 13.1 Å². The summed E-state index contributed by atoms with van der Waals surface area (Å²) in [6.45, 7) is 6.26. The highest BCUT2D eigenvalue weighted by Crippen LogP contribution is 2.53. The fourth-order valence-electron chi connectivity index (χ4n) is 4.65. The van der Waals surface area contributed by atoms with Crippen molar-refractivity contribution in [1.82, 2.24) is 4.90 Å². The lowest BCUT2D eigenvalue weighted by atomic mass is 9.65. The summed E-state index contributed by atoms with van der Waals surface area (Å²) in [5, 5.41) is 9.30. The molecule has 2 rings (SSSR count). The maximum atomic E-state index is 11.3. The van der Waals surface area contributed by atoms with Gasteiger partial charge in [-0.05, 0) is 57.0 Å². The number of rotatable bonds is 5. The summed E-state index contributed by atoms with van der Waals surface area (Å²) < 4.78 is 0. The lowest BCUT2D eigenvalue weighted by Crippen LogP contribution is -2.53. The summed E-state index contributed by atoms with van der Waals surface area (Å²) in [5.74, 6) is -0.630. The van der Waals surface area contributed by atoms with Gasteiger partial charge in [0.1, 0.15) is 0 Å². The van der Waals surface area contributed by atoms with Crippen LogP contribution in [0.1, 0.15) is 71.6 Å². The Kier molecular flexibility index (Phi) is 4.54. The van der Waals surface area contributed by atoms with E-state index in [9.17, 15) is 9.90 Å². The molecule has 3 nitrogen and oxygen atoms in total. The van der Waals surface area contributed by atoms with Gasteiger partial charge >= 0.3 is 5.97 Å². The molecule has 0 unspecified atom stereocenters. The van der Waals surface area contributed by atoms with Crippen molar-refractivity contribution in [3.8, 4) is 0 Å². The minimum Gasteiger partial charge on any atom is -0.481 e. The largest absolute Gasteiger partial charge is 0.481 e. The van der Waals surface area contributed by atoms with Crippen LogP contribution in [0.15, 0.2) is 0 Å². The molecule has 0 aromatic carbocycles. The van der Waals surface area contributed by atoms with Crippen LogP contribution in [0.2, 0.25) is 0 Å². The smallest absolute Gasteiger partial charge is 0.305 e. The molecule has 0 heterocycles. The molecule has 2 fully saturated rings. The molecule has 0 aliphatic heterocycles. The van der Waals surface area contributed by atoms with Gasteiger partial charge in [0.05, 0.1) is 6.42 Å². The molecule has 0 saturated heterocycles. The molecule has 0 bridgehead atoms. The third-order valence-electron chi connectivity index (χ3n) is 5.82. The van der Waals surface area contributed by atoms with E-state index in [1.54, 1.807) is 0 Å². The van der Waals surface area contributed by atoms with Crippen molar-refractivity contribution in [1.29, 1.82) is 0 Å². The van der Waals surface area contributed by atoms with E-state index in [0.29, 0.717) is 11.8 Å². The monoisotopic (exact) mass is 267 g/mol. The zero-order chi connectivity index (χ0) is 13.9. The van der Waals surface area contributed by atoms with Crippen LogP contribution in [-0.2, 0) is 4.79 Å². The van der Waals surface area contributed by atoms with Crippen LogP contribution in [0.3, 0.4) is 0 Å². The Morgan fingerprint density at radius 2 is 1.53 bits per heavy atom. The second kappa shape index (κ2) is 5.82. The van der Waals surface area contributed by atoms with E-state index in [2.05, 4.69) is 18.7 Å². The van der Waals surface area contributed by atoms with Gasteiger partial charge in [0.2, 0.25) is 0 Å². The number of aliphatic carboxylic acids is 1. The fourth-order valence-corrected chi connectivity index (χ4v) is 4.65. The molecular formula is C16H29NO2. The summed E-state index contributed by atoms with van der Waals surface area (Å²) in [7, 11) is 0. The standard InChI is InChI=1S/C16H29NO2/c1-3-17(4-2)16(13-14(18)19)11-9-15(10-12-16)7-5-6-8-15/h3-13H2,1-2H3,(H,18,19). The third kappa shape index (κ3) is 2.96. The highest BCUT2D eigenvalue weighted by atomic mass is 16.4. The number of nitrogens with zero attached hydrogens (tertiary/aromatic N) is 1. The first-order chi connectivity index (χ1) is 9.06. The van der Waals surface area contributed by atoms with E-state index in [0.717, 1.165) is 25.9 Å². The van der Waals surface area contributed by atoms with Gasteiger partial charge < -0.3 is 5.11 Å². The fraction of sp³-hybridized carbons (Fsp3) is 0.938. The van der Waals surface area contributed by atoms with Crippen LogP contribution in [0.5, 0.6) is 0 Å². The van der Waals surface area contributed by atoms with Crippen LogP contribution >= 0.6 is 0 Å². The lowest BCUT2D eigenvalue weighted by molar-refractivity contribution is -0.142. The Morgan fingerprint density at radius 1 is 1.00 bits per heavy atom. The van der Waals surface area contributed by atoms with E-state index in [1.165, 1.54) is 38.5 Å². The third-order valence-corrected chi connectivity index (χ3v) is 5.82. The van der Waals surface area contributed by atoms with E-state index in [4.69, 9.17) is 0 Å². The minimum atomic E-state index is -0.630. The molecule has 0 atom stereocenters. The number of hydrogen-bond acceptors (Lipinski definition) is 2. The molecule has 0 amide bonds. The topological polar surface area (TPSA) is 40.5 Å². The summed E-state index contributed by atoms with van der Waals surface area (Å²) in [5.41, 5.74) is 0.512. The van der Waals surface area contributed by atoms with Gasteiger partial charge in [-0.3, -0.25) is 9.69 Å². The van der Waals surface area contributed by atoms with E-state index >= 15 is 0 Å². The van der Waals surface area contributed by atoms with E-state index in [1.807, 2.05) is 0 Å². The van der Waals surface area contributed by atoms with Crippen molar-refractivity contribution < 1.29 is 9.90 Å². The molecule has 2 aliphatic rings. The quantitative estimate of drug-likeness (QED) is 0.826. The predicted molar refractivity (Wildman–Crippen MR) is 77.3 cm³/mol. The lowest BCUT2D eigenvalue weighted by Gasteiger charge is -2.50. The molecule has 0 radical (unpaired) electrons. The van der Waals surface area contributed by atoms with Crippen LogP contribution in [0, 0.1) is 5.41 Å². The Morgan fingerprint density at radius 3 is 1.95 bits per heavy atom. The van der Waals surface area contributed by atoms with Crippen LogP contribution in [-0.4, -0.2) is 34.6 Å². The van der Waals surface area contributed by atoms with Crippen molar-refractivity contribution in [3.05, 3.63) is 0 Å². The molecule has 1 spiro atoms. The number of carboxylic acids is 1. The maximum absolute atomic E-state index is 11.3. The van der Waals surface area contributed by atoms with Crippen molar-refractivity contribution in [2.24, 2.45) is 5.41 Å². The van der Waals surface area contributed by atoms with Gasteiger partial charge in [-0.1, -0.05) is 26.7 Å². The number of carboxylic acid groups (broad SMARTS) is 1. The highest BCUT2D eigenvalue weighted by Gasteiger charge is 2.46. The summed E-state index contributed by atoms with van der Waals surface area (Å²) in [6, 6.07) is 0. The zero-order valence-electron chi connectivity index (χ0n) is 12.6. The van der Waals surface area contributed by atoms with Gasteiger partial charge in [0.15, 0.2) is 0 Å². The second-order valence-electron chi connectivity index (χ2n) is 6.67. The average Bonchev–Trinajstić information content (AvgIpc) is 2.83. The maximum Gasteiger partial charge on any atom is 0.305 e. The minimum absolute atomic E-state index is 0.0663. The SMILES string of the molecule is CCN(CC)C1(CC(=O)O)CCC2(CCCC2)CC1. The molecule has 3 heteroatoms. The van der Waals surface area contributed by atoms with Gasteiger partial charge in [-0.25, -0.2) is 0 Å². The van der Waals surface area contributed by atoms with Gasteiger partial charge in [-0.2, -0.15) is 0 Å². The molecule has 110 valence electrons. The molecule has 0 aromatic rings. The molecule has 2 aliphatic carbocycles. The first-order valence-corrected chi connectivity index (χ1v) is 8.03. The van der Waals surface area contributed by atoms with Crippen LogP contribution < -0.4 is 0 Å². The van der Waals surface area contributed by atoms with Crippen molar-refractivity contribution in [3.63, 3.8) is 0 Å². The molecule has 2 saturated carbocycles. The normalized spacial score (nSPS) is 25.0. The number of carbonyl (C=O) groups is 1. The number of hydrogen-bond donors (Lipinski definition) is 1. The Hall–Kier alpha value is -0.570. The molecular weight excluding hydrogens is 238 g/mol. The summed E-state index contributed by atoms with van der Waals surface area (Å²) in [4.78, 5) is 13.7. The second-order valence-corrected chi connectivity index (χ2v) is 6.67. The Balaban J connectivity index is 2.10.